The number of aliphatic hydroxyl groups excluding tert-OH is 1. The summed E-state index contributed by atoms with van der Waals surface area (Å²) in [5.41, 5.74) is 2.36. The standard InChI is InChI=1S/C14H17Cl2N3O/c1-9(2)6-14-13(8-20)17-18-19(14)7-10-11(15)4-3-5-12(10)16/h3-5,9,20H,6-8H2,1-2H3. The number of halogens is 2. The fraction of sp³-hybridized carbons (Fsp3) is 0.429. The Kier molecular flexibility index (Phi) is 5.02. The van der Waals surface area contributed by atoms with Gasteiger partial charge in [0.1, 0.15) is 5.69 Å². The van der Waals surface area contributed by atoms with E-state index in [1.165, 1.54) is 0 Å². The van der Waals surface area contributed by atoms with E-state index >= 15 is 0 Å². The van der Waals surface area contributed by atoms with E-state index in [9.17, 15) is 5.11 Å². The van der Waals surface area contributed by atoms with Crippen molar-refractivity contribution >= 4 is 23.2 Å². The summed E-state index contributed by atoms with van der Waals surface area (Å²) >= 11 is 12.4. The first-order chi connectivity index (χ1) is 9.52. The van der Waals surface area contributed by atoms with Crippen molar-refractivity contribution in [2.45, 2.75) is 33.4 Å². The smallest absolute Gasteiger partial charge is 0.111 e. The van der Waals surface area contributed by atoms with Crippen LogP contribution in [-0.4, -0.2) is 20.1 Å². The van der Waals surface area contributed by atoms with Gasteiger partial charge < -0.3 is 5.11 Å². The fourth-order valence-corrected chi connectivity index (χ4v) is 2.58. The molecule has 1 aromatic carbocycles. The van der Waals surface area contributed by atoms with Crippen LogP contribution in [0, 0.1) is 5.92 Å². The van der Waals surface area contributed by atoms with E-state index in [0.717, 1.165) is 17.7 Å². The molecule has 0 atom stereocenters. The zero-order valence-electron chi connectivity index (χ0n) is 11.5. The van der Waals surface area contributed by atoms with E-state index in [0.29, 0.717) is 28.2 Å². The van der Waals surface area contributed by atoms with E-state index in [-0.39, 0.29) is 6.61 Å². The van der Waals surface area contributed by atoms with Crippen molar-refractivity contribution < 1.29 is 5.11 Å². The van der Waals surface area contributed by atoms with Crippen molar-refractivity contribution in [3.8, 4) is 0 Å². The first-order valence-corrected chi connectivity index (χ1v) is 7.23. The van der Waals surface area contributed by atoms with Gasteiger partial charge in [0, 0.05) is 15.6 Å². The zero-order valence-corrected chi connectivity index (χ0v) is 13.0. The second kappa shape index (κ2) is 6.57. The molecular formula is C14H17Cl2N3O. The van der Waals surface area contributed by atoms with Crippen molar-refractivity contribution in [1.82, 2.24) is 15.0 Å². The van der Waals surface area contributed by atoms with Crippen molar-refractivity contribution in [3.63, 3.8) is 0 Å². The molecule has 1 aromatic heterocycles. The molecule has 0 aliphatic rings. The molecular weight excluding hydrogens is 297 g/mol. The van der Waals surface area contributed by atoms with Gasteiger partial charge in [0.2, 0.25) is 0 Å². The van der Waals surface area contributed by atoms with Gasteiger partial charge in [-0.15, -0.1) is 5.10 Å². The van der Waals surface area contributed by atoms with Gasteiger partial charge in [-0.1, -0.05) is 48.3 Å². The average Bonchev–Trinajstić information content (AvgIpc) is 2.75. The van der Waals surface area contributed by atoms with Crippen LogP contribution in [0.3, 0.4) is 0 Å². The lowest BCUT2D eigenvalue weighted by atomic mass is 10.1. The first-order valence-electron chi connectivity index (χ1n) is 6.48. The summed E-state index contributed by atoms with van der Waals surface area (Å²) in [5, 5.41) is 18.7. The molecule has 0 saturated heterocycles. The van der Waals surface area contributed by atoms with Gasteiger partial charge in [-0.25, -0.2) is 4.68 Å². The van der Waals surface area contributed by atoms with Gasteiger partial charge in [-0.3, -0.25) is 0 Å². The Bertz CT molecular complexity index is 576. The summed E-state index contributed by atoms with van der Waals surface area (Å²) in [7, 11) is 0. The highest BCUT2D eigenvalue weighted by Crippen LogP contribution is 2.26. The van der Waals surface area contributed by atoms with E-state index < -0.39 is 0 Å². The predicted molar refractivity (Wildman–Crippen MR) is 80.1 cm³/mol. The number of aliphatic hydroxyl groups is 1. The molecule has 0 saturated carbocycles. The summed E-state index contributed by atoms with van der Waals surface area (Å²) in [6.07, 6.45) is 0.797. The normalized spacial score (nSPS) is 11.3. The molecule has 0 spiro atoms. The summed E-state index contributed by atoms with van der Waals surface area (Å²) in [6.45, 7) is 4.56. The predicted octanol–water partition coefficient (Wildman–Crippen LogP) is 3.32. The molecule has 6 heteroatoms. The van der Waals surface area contributed by atoms with Crippen LogP contribution in [-0.2, 0) is 19.6 Å². The Hall–Kier alpha value is -1.10. The maximum Gasteiger partial charge on any atom is 0.111 e. The minimum Gasteiger partial charge on any atom is -0.390 e. The Morgan fingerprint density at radius 2 is 1.90 bits per heavy atom. The lowest BCUT2D eigenvalue weighted by molar-refractivity contribution is 0.275. The molecule has 0 unspecified atom stereocenters. The fourth-order valence-electron chi connectivity index (χ4n) is 2.06. The molecule has 4 nitrogen and oxygen atoms in total. The number of rotatable bonds is 5. The lowest BCUT2D eigenvalue weighted by Gasteiger charge is -2.11. The van der Waals surface area contributed by atoms with E-state index in [4.69, 9.17) is 23.2 Å². The van der Waals surface area contributed by atoms with Gasteiger partial charge in [0.25, 0.3) is 0 Å². The van der Waals surface area contributed by atoms with Gasteiger partial charge in [-0.05, 0) is 24.5 Å². The second-order valence-electron chi connectivity index (χ2n) is 5.10. The topological polar surface area (TPSA) is 50.9 Å². The highest BCUT2D eigenvalue weighted by molar-refractivity contribution is 6.35. The average molecular weight is 314 g/mol. The number of hydrogen-bond acceptors (Lipinski definition) is 3. The molecule has 0 fully saturated rings. The Labute approximate surface area is 128 Å². The second-order valence-corrected chi connectivity index (χ2v) is 5.91. The lowest BCUT2D eigenvalue weighted by Crippen LogP contribution is -2.10. The third-order valence-corrected chi connectivity index (χ3v) is 3.75. The molecule has 1 heterocycles. The van der Waals surface area contributed by atoms with E-state index in [1.807, 2.05) is 6.07 Å². The summed E-state index contributed by atoms with van der Waals surface area (Å²) in [5.74, 6) is 0.444. The Balaban J connectivity index is 2.36. The summed E-state index contributed by atoms with van der Waals surface area (Å²) in [6, 6.07) is 5.41. The molecule has 20 heavy (non-hydrogen) atoms. The number of nitrogens with zero attached hydrogens (tertiary/aromatic N) is 3. The van der Waals surface area contributed by atoms with Crippen LogP contribution in [0.25, 0.3) is 0 Å². The van der Waals surface area contributed by atoms with Gasteiger partial charge in [-0.2, -0.15) is 0 Å². The van der Waals surface area contributed by atoms with Crippen molar-refractivity contribution in [3.05, 3.63) is 45.2 Å². The van der Waals surface area contributed by atoms with E-state index in [2.05, 4.69) is 24.2 Å². The number of aromatic nitrogens is 3. The highest BCUT2D eigenvalue weighted by Gasteiger charge is 2.16. The van der Waals surface area contributed by atoms with Crippen LogP contribution in [0.5, 0.6) is 0 Å². The number of benzene rings is 1. The van der Waals surface area contributed by atoms with Crippen LogP contribution in [0.15, 0.2) is 18.2 Å². The SMILES string of the molecule is CC(C)Cc1c(CO)nnn1Cc1c(Cl)cccc1Cl. The van der Waals surface area contributed by atoms with E-state index in [1.54, 1.807) is 16.8 Å². The first kappa shape index (κ1) is 15.3. The van der Waals surface area contributed by atoms with Crippen LogP contribution in [0.2, 0.25) is 10.0 Å². The Morgan fingerprint density at radius 1 is 1.25 bits per heavy atom. The minimum atomic E-state index is -0.113. The van der Waals surface area contributed by atoms with Crippen LogP contribution in [0.1, 0.15) is 30.8 Å². The van der Waals surface area contributed by atoms with Gasteiger partial charge in [0.15, 0.2) is 0 Å². The highest BCUT2D eigenvalue weighted by atomic mass is 35.5. The van der Waals surface area contributed by atoms with Crippen molar-refractivity contribution in [2.24, 2.45) is 5.92 Å². The molecule has 0 aliphatic heterocycles. The van der Waals surface area contributed by atoms with Crippen LogP contribution >= 0.6 is 23.2 Å². The van der Waals surface area contributed by atoms with Crippen molar-refractivity contribution in [2.75, 3.05) is 0 Å². The molecule has 108 valence electrons. The molecule has 0 radical (unpaired) electrons. The molecule has 0 aliphatic carbocycles. The molecule has 2 aromatic rings. The maximum atomic E-state index is 9.35. The monoisotopic (exact) mass is 313 g/mol. The minimum absolute atomic E-state index is 0.113. The third kappa shape index (κ3) is 3.32. The molecule has 2 rings (SSSR count). The number of hydrogen-bond donors (Lipinski definition) is 1. The quantitative estimate of drug-likeness (QED) is 0.921. The van der Waals surface area contributed by atoms with Crippen LogP contribution < -0.4 is 0 Å². The molecule has 0 bridgehead atoms. The summed E-state index contributed by atoms with van der Waals surface area (Å²) < 4.78 is 1.76. The van der Waals surface area contributed by atoms with Gasteiger partial charge in [0.05, 0.1) is 18.8 Å². The Morgan fingerprint density at radius 3 is 2.45 bits per heavy atom. The third-order valence-electron chi connectivity index (χ3n) is 3.04. The van der Waals surface area contributed by atoms with Crippen LogP contribution in [0.4, 0.5) is 0 Å². The molecule has 0 amide bonds. The maximum absolute atomic E-state index is 9.35. The summed E-state index contributed by atoms with van der Waals surface area (Å²) in [4.78, 5) is 0. The molecule has 1 N–H and O–H groups in total. The van der Waals surface area contributed by atoms with Crippen molar-refractivity contribution in [1.29, 1.82) is 0 Å². The zero-order chi connectivity index (χ0) is 14.7. The largest absolute Gasteiger partial charge is 0.390 e. The van der Waals surface area contributed by atoms with Gasteiger partial charge >= 0.3 is 0 Å².